The van der Waals surface area contributed by atoms with Crippen molar-refractivity contribution in [1.29, 1.82) is 0 Å². The summed E-state index contributed by atoms with van der Waals surface area (Å²) in [5.41, 5.74) is 8.58. The Hall–Kier alpha value is -1.13. The van der Waals surface area contributed by atoms with Gasteiger partial charge in [-0.15, -0.1) is 11.3 Å². The summed E-state index contributed by atoms with van der Waals surface area (Å²) in [6, 6.07) is 4.39. The molecule has 1 unspecified atom stereocenters. The number of rotatable bonds is 5. The Kier molecular flexibility index (Phi) is 3.97. The van der Waals surface area contributed by atoms with E-state index in [4.69, 9.17) is 5.73 Å². The number of hydrogen-bond acceptors (Lipinski definition) is 3. The van der Waals surface area contributed by atoms with Crippen molar-refractivity contribution in [1.82, 2.24) is 9.78 Å². The Morgan fingerprint density at radius 1 is 1.53 bits per heavy atom. The minimum atomic E-state index is 0.0995. The first kappa shape index (κ1) is 12.3. The first-order chi connectivity index (χ1) is 8.18. The Bertz CT molecular complexity index is 439. The van der Waals surface area contributed by atoms with Gasteiger partial charge in [-0.05, 0) is 43.2 Å². The third kappa shape index (κ3) is 2.96. The molecule has 0 aliphatic rings. The molecular weight excluding hydrogens is 230 g/mol. The summed E-state index contributed by atoms with van der Waals surface area (Å²) in [7, 11) is 1.96. The number of nitrogens with zero attached hydrogens (tertiary/aromatic N) is 2. The van der Waals surface area contributed by atoms with Crippen LogP contribution in [0.25, 0.3) is 0 Å². The zero-order valence-electron chi connectivity index (χ0n) is 10.4. The second kappa shape index (κ2) is 5.47. The number of thiophene rings is 1. The van der Waals surface area contributed by atoms with E-state index in [0.717, 1.165) is 25.0 Å². The molecule has 2 rings (SSSR count). The maximum atomic E-state index is 6.22. The summed E-state index contributed by atoms with van der Waals surface area (Å²) in [6.07, 6.45) is 5.15. The zero-order chi connectivity index (χ0) is 12.3. The first-order valence-electron chi connectivity index (χ1n) is 5.95. The van der Waals surface area contributed by atoms with Gasteiger partial charge in [0.1, 0.15) is 0 Å². The highest BCUT2D eigenvalue weighted by atomic mass is 32.1. The first-order valence-corrected chi connectivity index (χ1v) is 6.83. The fourth-order valence-corrected chi connectivity index (χ4v) is 2.93. The lowest BCUT2D eigenvalue weighted by Gasteiger charge is -2.13. The van der Waals surface area contributed by atoms with Gasteiger partial charge >= 0.3 is 0 Å². The fourth-order valence-electron chi connectivity index (χ4n) is 2.18. The lowest BCUT2D eigenvalue weighted by atomic mass is 10.0. The van der Waals surface area contributed by atoms with Gasteiger partial charge in [0.05, 0.1) is 11.9 Å². The Labute approximate surface area is 106 Å². The fraction of sp³-hybridized carbons (Fsp3) is 0.462. The van der Waals surface area contributed by atoms with Crippen molar-refractivity contribution < 1.29 is 0 Å². The monoisotopic (exact) mass is 249 g/mol. The second-order valence-electron chi connectivity index (χ2n) is 4.41. The third-order valence-corrected chi connectivity index (χ3v) is 3.98. The molecule has 0 bridgehead atoms. The zero-order valence-corrected chi connectivity index (χ0v) is 11.2. The van der Waals surface area contributed by atoms with Crippen LogP contribution in [0, 0.1) is 6.92 Å². The number of aryl methyl sites for hydroxylation is 3. The van der Waals surface area contributed by atoms with Crippen LogP contribution in [-0.2, 0) is 13.5 Å². The van der Waals surface area contributed by atoms with E-state index >= 15 is 0 Å². The molecule has 2 aromatic rings. The van der Waals surface area contributed by atoms with Gasteiger partial charge in [0.15, 0.2) is 0 Å². The van der Waals surface area contributed by atoms with Crippen LogP contribution in [0.2, 0.25) is 0 Å². The van der Waals surface area contributed by atoms with Gasteiger partial charge in [-0.25, -0.2) is 0 Å². The molecule has 0 radical (unpaired) electrons. The second-order valence-corrected chi connectivity index (χ2v) is 5.45. The third-order valence-electron chi connectivity index (χ3n) is 3.05. The van der Waals surface area contributed by atoms with Gasteiger partial charge in [-0.1, -0.05) is 6.07 Å². The lowest BCUT2D eigenvalue weighted by Crippen LogP contribution is -2.15. The van der Waals surface area contributed by atoms with Gasteiger partial charge in [0.2, 0.25) is 0 Å². The summed E-state index contributed by atoms with van der Waals surface area (Å²) in [4.78, 5) is 1.44. The molecule has 1 atom stereocenters. The average molecular weight is 249 g/mol. The van der Waals surface area contributed by atoms with Gasteiger partial charge in [-0.2, -0.15) is 5.10 Å². The number of hydrogen-bond donors (Lipinski definition) is 1. The highest BCUT2D eigenvalue weighted by Crippen LogP contribution is 2.20. The number of nitrogens with two attached hydrogens (primary N) is 1. The molecule has 0 aliphatic heterocycles. The van der Waals surface area contributed by atoms with E-state index in [1.165, 1.54) is 10.4 Å². The SMILES string of the molecule is Cc1cnn(C)c1C(N)CCCc1cccs1. The van der Waals surface area contributed by atoms with Crippen molar-refractivity contribution >= 4 is 11.3 Å². The van der Waals surface area contributed by atoms with Gasteiger partial charge < -0.3 is 5.73 Å². The Balaban J connectivity index is 1.87. The van der Waals surface area contributed by atoms with Crippen LogP contribution in [0.15, 0.2) is 23.7 Å². The predicted molar refractivity (Wildman–Crippen MR) is 72.1 cm³/mol. The maximum Gasteiger partial charge on any atom is 0.0577 e. The van der Waals surface area contributed by atoms with E-state index < -0.39 is 0 Å². The molecule has 0 saturated carbocycles. The molecule has 2 aromatic heterocycles. The van der Waals surface area contributed by atoms with Crippen LogP contribution in [0.1, 0.15) is 35.0 Å². The molecule has 3 nitrogen and oxygen atoms in total. The van der Waals surface area contributed by atoms with E-state index in [1.807, 2.05) is 29.3 Å². The van der Waals surface area contributed by atoms with E-state index in [2.05, 4.69) is 29.5 Å². The van der Waals surface area contributed by atoms with Crippen molar-refractivity contribution in [3.8, 4) is 0 Å². The lowest BCUT2D eigenvalue weighted by molar-refractivity contribution is 0.559. The molecule has 0 spiro atoms. The van der Waals surface area contributed by atoms with E-state index in [0.29, 0.717) is 0 Å². The molecule has 2 heterocycles. The average Bonchev–Trinajstić information content (AvgIpc) is 2.89. The molecule has 0 saturated heterocycles. The van der Waals surface area contributed by atoms with Gasteiger partial charge in [-0.3, -0.25) is 4.68 Å². The minimum absolute atomic E-state index is 0.0995. The summed E-state index contributed by atoms with van der Waals surface area (Å²) in [5, 5.41) is 6.36. The molecular formula is C13H19N3S. The molecule has 17 heavy (non-hydrogen) atoms. The van der Waals surface area contributed by atoms with Crippen LogP contribution >= 0.6 is 11.3 Å². The molecule has 0 fully saturated rings. The maximum absolute atomic E-state index is 6.22. The van der Waals surface area contributed by atoms with E-state index in [9.17, 15) is 0 Å². The smallest absolute Gasteiger partial charge is 0.0577 e. The molecule has 2 N–H and O–H groups in total. The summed E-state index contributed by atoms with van der Waals surface area (Å²) in [5.74, 6) is 0. The van der Waals surface area contributed by atoms with Crippen LogP contribution in [0.4, 0.5) is 0 Å². The summed E-state index contributed by atoms with van der Waals surface area (Å²) < 4.78 is 1.89. The van der Waals surface area contributed by atoms with Crippen molar-refractivity contribution in [3.63, 3.8) is 0 Å². The molecule has 0 aromatic carbocycles. The topological polar surface area (TPSA) is 43.8 Å². The van der Waals surface area contributed by atoms with E-state index in [1.54, 1.807) is 0 Å². The summed E-state index contributed by atoms with van der Waals surface area (Å²) in [6.45, 7) is 2.07. The predicted octanol–water partition coefficient (Wildman–Crippen LogP) is 2.81. The van der Waals surface area contributed by atoms with Gasteiger partial charge in [0.25, 0.3) is 0 Å². The highest BCUT2D eigenvalue weighted by molar-refractivity contribution is 7.09. The van der Waals surface area contributed by atoms with Crippen molar-refractivity contribution in [2.45, 2.75) is 32.2 Å². The standard InChI is InChI=1S/C13H19N3S/c1-10-9-15-16(2)13(10)12(14)7-3-5-11-6-4-8-17-11/h4,6,8-9,12H,3,5,7,14H2,1-2H3. The van der Waals surface area contributed by atoms with Crippen LogP contribution in [-0.4, -0.2) is 9.78 Å². The molecule has 0 aliphatic carbocycles. The number of aromatic nitrogens is 2. The van der Waals surface area contributed by atoms with Crippen LogP contribution in [0.3, 0.4) is 0 Å². The van der Waals surface area contributed by atoms with Gasteiger partial charge in [0, 0.05) is 18.0 Å². The Morgan fingerprint density at radius 2 is 2.35 bits per heavy atom. The largest absolute Gasteiger partial charge is 0.323 e. The highest BCUT2D eigenvalue weighted by Gasteiger charge is 2.13. The molecule has 0 amide bonds. The van der Waals surface area contributed by atoms with Crippen molar-refractivity contribution in [2.24, 2.45) is 12.8 Å². The normalized spacial score (nSPS) is 12.9. The minimum Gasteiger partial charge on any atom is -0.323 e. The summed E-state index contributed by atoms with van der Waals surface area (Å²) >= 11 is 1.82. The van der Waals surface area contributed by atoms with E-state index in [-0.39, 0.29) is 6.04 Å². The van der Waals surface area contributed by atoms with Crippen LogP contribution < -0.4 is 5.73 Å². The van der Waals surface area contributed by atoms with Crippen molar-refractivity contribution in [3.05, 3.63) is 39.8 Å². The molecule has 92 valence electrons. The Morgan fingerprint density at radius 3 is 2.94 bits per heavy atom. The van der Waals surface area contributed by atoms with Crippen LogP contribution in [0.5, 0.6) is 0 Å². The molecule has 4 heteroatoms. The van der Waals surface area contributed by atoms with Crippen molar-refractivity contribution in [2.75, 3.05) is 0 Å². The quantitative estimate of drug-likeness (QED) is 0.885.